The van der Waals surface area contributed by atoms with E-state index >= 15 is 0 Å². The van der Waals surface area contributed by atoms with Gasteiger partial charge in [0.1, 0.15) is 5.75 Å². The van der Waals surface area contributed by atoms with E-state index in [0.717, 1.165) is 11.4 Å². The minimum Gasteiger partial charge on any atom is -0.491 e. The number of aliphatic carboxylic acids is 1. The second kappa shape index (κ2) is 8.43. The van der Waals surface area contributed by atoms with Crippen molar-refractivity contribution in [1.29, 1.82) is 0 Å². The Morgan fingerprint density at radius 2 is 1.92 bits per heavy atom. The molecule has 1 aromatic heterocycles. The van der Waals surface area contributed by atoms with Crippen molar-refractivity contribution in [3.63, 3.8) is 0 Å². The van der Waals surface area contributed by atoms with E-state index in [4.69, 9.17) is 14.6 Å². The summed E-state index contributed by atoms with van der Waals surface area (Å²) >= 11 is 0. The molecule has 0 saturated carbocycles. The van der Waals surface area contributed by atoms with Crippen LogP contribution in [0.25, 0.3) is 5.69 Å². The molecule has 2 rings (SSSR count). The predicted octanol–water partition coefficient (Wildman–Crippen LogP) is 1.19. The van der Waals surface area contributed by atoms with Crippen LogP contribution in [-0.2, 0) is 9.53 Å². The monoisotopic (exact) mass is 362 g/mol. The van der Waals surface area contributed by atoms with Gasteiger partial charge in [-0.15, -0.1) is 5.10 Å². The molecule has 0 aliphatic carbocycles. The molecule has 0 spiro atoms. The van der Waals surface area contributed by atoms with Crippen LogP contribution in [0.3, 0.4) is 0 Å². The predicted molar refractivity (Wildman–Crippen MR) is 92.6 cm³/mol. The fourth-order valence-electron chi connectivity index (χ4n) is 2.26. The first-order valence-electron chi connectivity index (χ1n) is 8.06. The van der Waals surface area contributed by atoms with Crippen LogP contribution in [0.1, 0.15) is 30.0 Å². The van der Waals surface area contributed by atoms with Crippen molar-refractivity contribution in [2.24, 2.45) is 0 Å². The van der Waals surface area contributed by atoms with Crippen LogP contribution < -0.4 is 10.1 Å². The molecular formula is C17H22N4O5. The lowest BCUT2D eigenvalue weighted by molar-refractivity contribution is -0.148. The molecule has 2 N–H and O–H groups in total. The second-order valence-corrected chi connectivity index (χ2v) is 5.87. The van der Waals surface area contributed by atoms with E-state index in [1.165, 1.54) is 11.8 Å². The van der Waals surface area contributed by atoms with E-state index in [1.54, 1.807) is 6.92 Å². The summed E-state index contributed by atoms with van der Waals surface area (Å²) in [5.74, 6) is -0.938. The molecule has 0 radical (unpaired) electrons. The Bertz CT molecular complexity index is 770. The number of nitrogens with one attached hydrogen (secondary N) is 1. The molecule has 1 amide bonds. The Balaban J connectivity index is 2.11. The van der Waals surface area contributed by atoms with E-state index in [2.05, 4.69) is 15.6 Å². The number of carboxylic acids is 1. The molecule has 0 bridgehead atoms. The lowest BCUT2D eigenvalue weighted by Crippen LogP contribution is -2.38. The average Bonchev–Trinajstić information content (AvgIpc) is 2.97. The largest absolute Gasteiger partial charge is 0.491 e. The van der Waals surface area contributed by atoms with Crippen molar-refractivity contribution < 1.29 is 24.2 Å². The van der Waals surface area contributed by atoms with Crippen LogP contribution in [0.5, 0.6) is 5.75 Å². The Morgan fingerprint density at radius 3 is 2.46 bits per heavy atom. The van der Waals surface area contributed by atoms with Gasteiger partial charge < -0.3 is 19.9 Å². The third-order valence-electron chi connectivity index (χ3n) is 3.57. The molecule has 0 aliphatic rings. The molecule has 9 nitrogen and oxygen atoms in total. The van der Waals surface area contributed by atoms with Gasteiger partial charge in [0, 0.05) is 7.11 Å². The first kappa shape index (κ1) is 19.4. The highest BCUT2D eigenvalue weighted by Crippen LogP contribution is 2.18. The van der Waals surface area contributed by atoms with Gasteiger partial charge in [-0.05, 0) is 45.0 Å². The SMILES string of the molecule is COC(CNC(=O)c1nnn(-c2ccc(OC(C)C)cc2)c1C)C(=O)O. The van der Waals surface area contributed by atoms with E-state index in [9.17, 15) is 9.59 Å². The summed E-state index contributed by atoms with van der Waals surface area (Å²) in [5.41, 5.74) is 1.38. The normalized spacial score (nSPS) is 12.0. The maximum Gasteiger partial charge on any atom is 0.334 e. The second-order valence-electron chi connectivity index (χ2n) is 5.87. The number of methoxy groups -OCH3 is 1. The lowest BCUT2D eigenvalue weighted by atomic mass is 10.2. The first-order valence-corrected chi connectivity index (χ1v) is 8.06. The third kappa shape index (κ3) is 4.57. The number of carboxylic acid groups (broad SMARTS) is 1. The maximum absolute atomic E-state index is 12.2. The molecule has 1 aromatic carbocycles. The standard InChI is InChI=1S/C17H22N4O5/c1-10(2)26-13-7-5-12(6-8-13)21-11(3)15(19-20-21)16(22)18-9-14(25-4)17(23)24/h5-8,10,14H,9H2,1-4H3,(H,18,22)(H,23,24). The summed E-state index contributed by atoms with van der Waals surface area (Å²) in [4.78, 5) is 23.1. The van der Waals surface area contributed by atoms with Gasteiger partial charge in [0.15, 0.2) is 11.8 Å². The van der Waals surface area contributed by atoms with Gasteiger partial charge in [-0.1, -0.05) is 5.21 Å². The Kier molecular flexibility index (Phi) is 6.29. The van der Waals surface area contributed by atoms with Crippen LogP contribution in [-0.4, -0.2) is 57.8 Å². The highest BCUT2D eigenvalue weighted by Gasteiger charge is 2.21. The lowest BCUT2D eigenvalue weighted by Gasteiger charge is -2.11. The van der Waals surface area contributed by atoms with Crippen LogP contribution in [0.4, 0.5) is 0 Å². The van der Waals surface area contributed by atoms with Crippen molar-refractivity contribution in [3.05, 3.63) is 35.7 Å². The van der Waals surface area contributed by atoms with Crippen molar-refractivity contribution in [1.82, 2.24) is 20.3 Å². The fourth-order valence-corrected chi connectivity index (χ4v) is 2.26. The summed E-state index contributed by atoms with van der Waals surface area (Å²) in [5, 5.41) is 19.3. The topological polar surface area (TPSA) is 116 Å². The van der Waals surface area contributed by atoms with Gasteiger partial charge in [0.05, 0.1) is 24.0 Å². The number of hydrogen-bond donors (Lipinski definition) is 2. The first-order chi connectivity index (χ1) is 12.3. The molecule has 0 aliphatic heterocycles. The Hall–Kier alpha value is -2.94. The summed E-state index contributed by atoms with van der Waals surface area (Å²) in [6.45, 7) is 5.42. The third-order valence-corrected chi connectivity index (χ3v) is 3.57. The number of carbonyl (C=O) groups is 2. The number of carbonyl (C=O) groups excluding carboxylic acids is 1. The number of amides is 1. The van der Waals surface area contributed by atoms with Gasteiger partial charge in [0.2, 0.25) is 0 Å². The van der Waals surface area contributed by atoms with Gasteiger partial charge in [-0.25, -0.2) is 9.48 Å². The highest BCUT2D eigenvalue weighted by molar-refractivity contribution is 5.93. The van der Waals surface area contributed by atoms with Gasteiger partial charge >= 0.3 is 5.97 Å². The van der Waals surface area contributed by atoms with Crippen LogP contribution >= 0.6 is 0 Å². The van der Waals surface area contributed by atoms with E-state index in [0.29, 0.717) is 5.69 Å². The minimum absolute atomic E-state index is 0.0750. The summed E-state index contributed by atoms with van der Waals surface area (Å²) in [6.07, 6.45) is -1.05. The molecule has 140 valence electrons. The number of rotatable bonds is 8. The molecule has 0 fully saturated rings. The quantitative estimate of drug-likeness (QED) is 0.725. The molecule has 2 aromatic rings. The minimum atomic E-state index is -1.16. The Morgan fingerprint density at radius 1 is 1.27 bits per heavy atom. The molecule has 1 heterocycles. The molecule has 1 unspecified atom stereocenters. The number of hydrogen-bond acceptors (Lipinski definition) is 6. The summed E-state index contributed by atoms with van der Waals surface area (Å²) < 4.78 is 11.9. The molecule has 0 saturated heterocycles. The van der Waals surface area contributed by atoms with Crippen molar-refractivity contribution in [2.45, 2.75) is 33.0 Å². The van der Waals surface area contributed by atoms with E-state index in [-0.39, 0.29) is 18.3 Å². The van der Waals surface area contributed by atoms with E-state index < -0.39 is 18.0 Å². The zero-order chi connectivity index (χ0) is 19.3. The summed E-state index contributed by atoms with van der Waals surface area (Å²) in [7, 11) is 1.26. The van der Waals surface area contributed by atoms with Crippen molar-refractivity contribution in [2.75, 3.05) is 13.7 Å². The van der Waals surface area contributed by atoms with Crippen LogP contribution in [0.2, 0.25) is 0 Å². The maximum atomic E-state index is 12.2. The van der Waals surface area contributed by atoms with Gasteiger partial charge in [-0.2, -0.15) is 0 Å². The molecule has 26 heavy (non-hydrogen) atoms. The number of ether oxygens (including phenoxy) is 2. The van der Waals surface area contributed by atoms with Crippen molar-refractivity contribution >= 4 is 11.9 Å². The summed E-state index contributed by atoms with van der Waals surface area (Å²) in [6, 6.07) is 7.25. The zero-order valence-electron chi connectivity index (χ0n) is 15.1. The van der Waals surface area contributed by atoms with Crippen LogP contribution in [0.15, 0.2) is 24.3 Å². The molecule has 1 atom stereocenters. The smallest absolute Gasteiger partial charge is 0.334 e. The van der Waals surface area contributed by atoms with Crippen LogP contribution in [0, 0.1) is 6.92 Å². The van der Waals surface area contributed by atoms with E-state index in [1.807, 2.05) is 38.1 Å². The molecule has 9 heteroatoms. The van der Waals surface area contributed by atoms with Crippen molar-refractivity contribution in [3.8, 4) is 11.4 Å². The Labute approximate surface area is 150 Å². The van der Waals surface area contributed by atoms with Gasteiger partial charge in [-0.3, -0.25) is 4.79 Å². The van der Waals surface area contributed by atoms with Gasteiger partial charge in [0.25, 0.3) is 5.91 Å². The number of benzene rings is 1. The molecular weight excluding hydrogens is 340 g/mol. The average molecular weight is 362 g/mol. The zero-order valence-corrected chi connectivity index (χ0v) is 15.1. The fraction of sp³-hybridized carbons (Fsp3) is 0.412. The number of aromatic nitrogens is 3. The number of nitrogens with zero attached hydrogens (tertiary/aromatic N) is 3. The highest BCUT2D eigenvalue weighted by atomic mass is 16.5.